The van der Waals surface area contributed by atoms with Gasteiger partial charge in [0.1, 0.15) is 5.75 Å². The van der Waals surface area contributed by atoms with Crippen LogP contribution in [0.2, 0.25) is 0 Å². The van der Waals surface area contributed by atoms with E-state index in [0.717, 1.165) is 50.4 Å². The van der Waals surface area contributed by atoms with E-state index in [0.29, 0.717) is 0 Å². The van der Waals surface area contributed by atoms with Crippen molar-refractivity contribution < 1.29 is 9.84 Å². The Hall–Kier alpha value is -1.06. The molecule has 3 nitrogen and oxygen atoms in total. The first-order chi connectivity index (χ1) is 8.78. The monoisotopic (exact) mass is 249 g/mol. The zero-order chi connectivity index (χ0) is 12.8. The van der Waals surface area contributed by atoms with Gasteiger partial charge in [-0.15, -0.1) is 0 Å². The second-order valence-electron chi connectivity index (χ2n) is 5.15. The summed E-state index contributed by atoms with van der Waals surface area (Å²) in [6.07, 6.45) is 4.18. The number of ether oxygens (including phenoxy) is 1. The van der Waals surface area contributed by atoms with Crippen LogP contribution in [0.25, 0.3) is 0 Å². The van der Waals surface area contributed by atoms with Crippen molar-refractivity contribution in [1.82, 2.24) is 5.32 Å². The van der Waals surface area contributed by atoms with Gasteiger partial charge < -0.3 is 15.2 Å². The minimum absolute atomic E-state index is 0.0529. The Bertz CT molecular complexity index is 342. The van der Waals surface area contributed by atoms with Crippen molar-refractivity contribution in [2.45, 2.75) is 38.3 Å². The van der Waals surface area contributed by atoms with Gasteiger partial charge in [0.2, 0.25) is 0 Å². The zero-order valence-corrected chi connectivity index (χ0v) is 11.1. The molecule has 1 saturated carbocycles. The maximum absolute atomic E-state index is 9.45. The number of hydrogen-bond donors (Lipinski definition) is 2. The van der Waals surface area contributed by atoms with Crippen molar-refractivity contribution in [2.24, 2.45) is 5.92 Å². The van der Waals surface area contributed by atoms with E-state index in [1.165, 1.54) is 5.56 Å². The number of aliphatic hydroxyl groups excluding tert-OH is 1. The molecule has 2 N–H and O–H groups in total. The highest BCUT2D eigenvalue weighted by molar-refractivity contribution is 5.26. The van der Waals surface area contributed by atoms with Gasteiger partial charge in [0.15, 0.2) is 0 Å². The summed E-state index contributed by atoms with van der Waals surface area (Å²) in [6, 6.07) is 8.18. The molecule has 0 amide bonds. The summed E-state index contributed by atoms with van der Waals surface area (Å²) < 4.78 is 5.13. The molecular weight excluding hydrogens is 226 g/mol. The topological polar surface area (TPSA) is 41.5 Å². The third-order valence-corrected chi connectivity index (χ3v) is 3.74. The summed E-state index contributed by atoms with van der Waals surface area (Å²) >= 11 is 0. The highest BCUT2D eigenvalue weighted by Crippen LogP contribution is 2.23. The Morgan fingerprint density at radius 1 is 1.17 bits per heavy atom. The van der Waals surface area contributed by atoms with E-state index in [1.54, 1.807) is 7.11 Å². The van der Waals surface area contributed by atoms with Gasteiger partial charge in [-0.1, -0.05) is 12.1 Å². The fourth-order valence-electron chi connectivity index (χ4n) is 2.51. The van der Waals surface area contributed by atoms with Crippen molar-refractivity contribution in [3.63, 3.8) is 0 Å². The second kappa shape index (κ2) is 6.76. The number of methoxy groups -OCH3 is 1. The smallest absolute Gasteiger partial charge is 0.118 e. The Labute approximate surface area is 109 Å². The molecule has 2 rings (SSSR count). The summed E-state index contributed by atoms with van der Waals surface area (Å²) in [4.78, 5) is 0. The Morgan fingerprint density at radius 3 is 2.44 bits per heavy atom. The van der Waals surface area contributed by atoms with Crippen LogP contribution in [-0.2, 0) is 6.54 Å². The maximum atomic E-state index is 9.45. The lowest BCUT2D eigenvalue weighted by Gasteiger charge is -2.25. The molecule has 0 saturated heterocycles. The van der Waals surface area contributed by atoms with Gasteiger partial charge >= 0.3 is 0 Å². The molecule has 0 heterocycles. The molecule has 0 radical (unpaired) electrons. The normalized spacial score (nSPS) is 23.9. The molecule has 0 aliphatic heterocycles. The van der Waals surface area contributed by atoms with E-state index in [4.69, 9.17) is 4.74 Å². The molecule has 0 atom stereocenters. The lowest BCUT2D eigenvalue weighted by Crippen LogP contribution is -2.27. The molecule has 100 valence electrons. The van der Waals surface area contributed by atoms with Gasteiger partial charge in [0.25, 0.3) is 0 Å². The van der Waals surface area contributed by atoms with E-state index < -0.39 is 0 Å². The first kappa shape index (κ1) is 13.4. The van der Waals surface area contributed by atoms with E-state index >= 15 is 0 Å². The number of nitrogens with one attached hydrogen (secondary N) is 1. The number of rotatable bonds is 5. The first-order valence-electron chi connectivity index (χ1n) is 6.79. The number of hydrogen-bond acceptors (Lipinski definition) is 3. The molecule has 0 spiro atoms. The molecule has 0 bridgehead atoms. The summed E-state index contributed by atoms with van der Waals surface area (Å²) in [5, 5.41) is 12.9. The average Bonchev–Trinajstić information content (AvgIpc) is 2.42. The van der Waals surface area contributed by atoms with E-state index in [2.05, 4.69) is 17.4 Å². The molecule has 1 fully saturated rings. The number of benzene rings is 1. The third-order valence-electron chi connectivity index (χ3n) is 3.74. The van der Waals surface area contributed by atoms with Crippen LogP contribution in [0, 0.1) is 5.92 Å². The van der Waals surface area contributed by atoms with Crippen LogP contribution in [-0.4, -0.2) is 24.9 Å². The zero-order valence-electron chi connectivity index (χ0n) is 11.1. The summed E-state index contributed by atoms with van der Waals surface area (Å²) in [5.41, 5.74) is 1.28. The van der Waals surface area contributed by atoms with Crippen LogP contribution in [0.3, 0.4) is 0 Å². The van der Waals surface area contributed by atoms with Crippen molar-refractivity contribution in [2.75, 3.05) is 13.7 Å². The van der Waals surface area contributed by atoms with Gasteiger partial charge in [-0.25, -0.2) is 0 Å². The summed E-state index contributed by atoms with van der Waals surface area (Å²) in [5.74, 6) is 1.63. The van der Waals surface area contributed by atoms with Gasteiger partial charge in [-0.05, 0) is 55.8 Å². The SMILES string of the molecule is COc1ccc(CNC[C@H]2CC[C@@H](O)CC2)cc1. The van der Waals surface area contributed by atoms with Crippen molar-refractivity contribution in [3.8, 4) is 5.75 Å². The average molecular weight is 249 g/mol. The van der Waals surface area contributed by atoms with Crippen molar-refractivity contribution >= 4 is 0 Å². The first-order valence-corrected chi connectivity index (χ1v) is 6.79. The third kappa shape index (κ3) is 4.00. The largest absolute Gasteiger partial charge is 0.497 e. The van der Waals surface area contributed by atoms with E-state index in [1.807, 2.05) is 12.1 Å². The van der Waals surface area contributed by atoms with Crippen molar-refractivity contribution in [3.05, 3.63) is 29.8 Å². The molecule has 0 aromatic heterocycles. The lowest BCUT2D eigenvalue weighted by molar-refractivity contribution is 0.108. The molecule has 0 unspecified atom stereocenters. The van der Waals surface area contributed by atoms with E-state index in [9.17, 15) is 5.11 Å². The fraction of sp³-hybridized carbons (Fsp3) is 0.600. The van der Waals surface area contributed by atoms with Gasteiger partial charge in [0, 0.05) is 6.54 Å². The summed E-state index contributed by atoms with van der Waals surface area (Å²) in [7, 11) is 1.69. The number of aliphatic hydroxyl groups is 1. The van der Waals surface area contributed by atoms with Crippen LogP contribution in [0.1, 0.15) is 31.2 Å². The van der Waals surface area contributed by atoms with Crippen molar-refractivity contribution in [1.29, 1.82) is 0 Å². The Balaban J connectivity index is 1.68. The van der Waals surface area contributed by atoms with Crippen LogP contribution in [0.15, 0.2) is 24.3 Å². The Morgan fingerprint density at radius 2 is 1.83 bits per heavy atom. The van der Waals surface area contributed by atoms with Crippen LogP contribution in [0.4, 0.5) is 0 Å². The highest BCUT2D eigenvalue weighted by atomic mass is 16.5. The standard InChI is InChI=1S/C15H23NO2/c1-18-15-8-4-13(5-9-15)11-16-10-12-2-6-14(17)7-3-12/h4-5,8-9,12,14,16-17H,2-3,6-7,10-11H2,1H3/t12-,14+. The Kier molecular flexibility index (Phi) is 5.02. The molecule has 1 aromatic carbocycles. The molecule has 3 heteroatoms. The molecule has 18 heavy (non-hydrogen) atoms. The molecule has 1 aliphatic carbocycles. The summed E-state index contributed by atoms with van der Waals surface area (Å²) in [6.45, 7) is 1.96. The minimum atomic E-state index is -0.0529. The molecule has 1 aliphatic rings. The van der Waals surface area contributed by atoms with E-state index in [-0.39, 0.29) is 6.10 Å². The fourth-order valence-corrected chi connectivity index (χ4v) is 2.51. The highest BCUT2D eigenvalue weighted by Gasteiger charge is 2.18. The van der Waals surface area contributed by atoms with Gasteiger partial charge in [0.05, 0.1) is 13.2 Å². The van der Waals surface area contributed by atoms with Crippen LogP contribution < -0.4 is 10.1 Å². The molecule has 1 aromatic rings. The molecular formula is C15H23NO2. The lowest BCUT2D eigenvalue weighted by atomic mass is 9.87. The minimum Gasteiger partial charge on any atom is -0.497 e. The quantitative estimate of drug-likeness (QED) is 0.841. The van der Waals surface area contributed by atoms with Crippen LogP contribution in [0.5, 0.6) is 5.75 Å². The van der Waals surface area contributed by atoms with Gasteiger partial charge in [-0.2, -0.15) is 0 Å². The van der Waals surface area contributed by atoms with Gasteiger partial charge in [-0.3, -0.25) is 0 Å². The maximum Gasteiger partial charge on any atom is 0.118 e. The predicted octanol–water partition coefficient (Wildman–Crippen LogP) is 2.34. The predicted molar refractivity (Wildman–Crippen MR) is 72.7 cm³/mol. The van der Waals surface area contributed by atoms with Crippen LogP contribution >= 0.6 is 0 Å². The second-order valence-corrected chi connectivity index (χ2v) is 5.15.